The van der Waals surface area contributed by atoms with Crippen LogP contribution >= 0.6 is 23.2 Å². The van der Waals surface area contributed by atoms with Crippen LogP contribution in [0.4, 0.5) is 0 Å². The molecule has 0 unspecified atom stereocenters. The Morgan fingerprint density at radius 2 is 1.61 bits per heavy atom. The van der Waals surface area contributed by atoms with Gasteiger partial charge < -0.3 is 14.8 Å². The van der Waals surface area contributed by atoms with Crippen LogP contribution in [-0.4, -0.2) is 46.2 Å². The van der Waals surface area contributed by atoms with E-state index in [9.17, 15) is 9.59 Å². The van der Waals surface area contributed by atoms with Crippen molar-refractivity contribution in [3.63, 3.8) is 0 Å². The van der Waals surface area contributed by atoms with Crippen molar-refractivity contribution >= 4 is 45.9 Å². The smallest absolute Gasteiger partial charge is 0.254 e. The van der Waals surface area contributed by atoms with Gasteiger partial charge in [0.1, 0.15) is 6.54 Å². The molecule has 0 aliphatic rings. The molecule has 0 fully saturated rings. The molecular weight excluding hydrogens is 553 g/mol. The number of fused-ring (bicyclic) bond motifs is 1. The first kappa shape index (κ1) is 30.7. The fourth-order valence-electron chi connectivity index (χ4n) is 4.90. The van der Waals surface area contributed by atoms with Crippen molar-refractivity contribution in [2.45, 2.75) is 58.9 Å². The number of para-hydroxylation sites is 1. The average Bonchev–Trinajstić information content (AvgIpc) is 3.37. The molecule has 0 aliphatic carbocycles. The molecule has 0 bridgehead atoms. The molecule has 1 N–H and O–H groups in total. The SMILES string of the molecule is CCCCN(CC(=O)N(CCc1c[nH]c2ccccc12)Cc1ccc(Cl)c(Cl)c1)C(=O)c1ccc(C(C)(C)C)cc1. The maximum Gasteiger partial charge on any atom is 0.254 e. The lowest BCUT2D eigenvalue weighted by Crippen LogP contribution is -2.43. The second kappa shape index (κ2) is 13.6. The van der Waals surface area contributed by atoms with Crippen molar-refractivity contribution < 1.29 is 9.59 Å². The van der Waals surface area contributed by atoms with E-state index in [0.717, 1.165) is 40.4 Å². The van der Waals surface area contributed by atoms with Crippen LogP contribution in [0.3, 0.4) is 0 Å². The predicted octanol–water partition coefficient (Wildman–Crippen LogP) is 8.29. The third-order valence-corrected chi connectivity index (χ3v) is 8.17. The number of nitrogens with one attached hydrogen (secondary N) is 1. The van der Waals surface area contributed by atoms with Gasteiger partial charge >= 0.3 is 0 Å². The Balaban J connectivity index is 1.56. The van der Waals surface area contributed by atoms with Crippen molar-refractivity contribution in [1.82, 2.24) is 14.8 Å². The van der Waals surface area contributed by atoms with Crippen LogP contribution in [0, 0.1) is 0 Å². The lowest BCUT2D eigenvalue weighted by molar-refractivity contribution is -0.132. The van der Waals surface area contributed by atoms with Crippen LogP contribution in [0.25, 0.3) is 10.9 Å². The fourth-order valence-corrected chi connectivity index (χ4v) is 5.22. The number of rotatable bonds is 11. The number of aromatic nitrogens is 1. The summed E-state index contributed by atoms with van der Waals surface area (Å²) in [6, 6.07) is 21.3. The summed E-state index contributed by atoms with van der Waals surface area (Å²) in [4.78, 5) is 34.3. The normalized spacial score (nSPS) is 11.6. The number of amides is 2. The largest absolute Gasteiger partial charge is 0.361 e. The summed E-state index contributed by atoms with van der Waals surface area (Å²) in [5.74, 6) is -0.231. The molecule has 0 aliphatic heterocycles. The number of hydrogen-bond acceptors (Lipinski definition) is 2. The van der Waals surface area contributed by atoms with E-state index >= 15 is 0 Å². The highest BCUT2D eigenvalue weighted by Crippen LogP contribution is 2.25. The summed E-state index contributed by atoms with van der Waals surface area (Å²) in [6.07, 6.45) is 4.43. The predicted molar refractivity (Wildman–Crippen MR) is 170 cm³/mol. The van der Waals surface area contributed by atoms with E-state index in [1.807, 2.05) is 59.6 Å². The van der Waals surface area contributed by atoms with Crippen LogP contribution in [0.2, 0.25) is 10.0 Å². The van der Waals surface area contributed by atoms with Gasteiger partial charge in [0.05, 0.1) is 10.0 Å². The van der Waals surface area contributed by atoms with Gasteiger partial charge in [0.25, 0.3) is 5.91 Å². The first-order valence-electron chi connectivity index (χ1n) is 14.2. The van der Waals surface area contributed by atoms with Crippen LogP contribution in [0.5, 0.6) is 0 Å². The molecule has 0 radical (unpaired) electrons. The minimum Gasteiger partial charge on any atom is -0.361 e. The van der Waals surface area contributed by atoms with Crippen LogP contribution < -0.4 is 0 Å². The first-order valence-corrected chi connectivity index (χ1v) is 15.0. The maximum absolute atomic E-state index is 13.9. The lowest BCUT2D eigenvalue weighted by Gasteiger charge is -2.28. The van der Waals surface area contributed by atoms with Gasteiger partial charge in [0.2, 0.25) is 5.91 Å². The number of halogens is 2. The molecule has 0 spiro atoms. The van der Waals surface area contributed by atoms with E-state index in [0.29, 0.717) is 41.7 Å². The summed E-state index contributed by atoms with van der Waals surface area (Å²) in [7, 11) is 0. The zero-order valence-electron chi connectivity index (χ0n) is 24.3. The van der Waals surface area contributed by atoms with Gasteiger partial charge in [-0.2, -0.15) is 0 Å². The fraction of sp³-hybridized carbons (Fsp3) is 0.353. The molecule has 41 heavy (non-hydrogen) atoms. The minimum absolute atomic E-state index is 0.00467. The Bertz CT molecular complexity index is 1490. The van der Waals surface area contributed by atoms with Gasteiger partial charge in [-0.25, -0.2) is 0 Å². The Morgan fingerprint density at radius 1 is 0.878 bits per heavy atom. The average molecular weight is 593 g/mol. The van der Waals surface area contributed by atoms with Gasteiger partial charge in [-0.15, -0.1) is 0 Å². The first-order chi connectivity index (χ1) is 19.6. The van der Waals surface area contributed by atoms with Gasteiger partial charge in [0, 0.05) is 42.3 Å². The van der Waals surface area contributed by atoms with E-state index in [2.05, 4.69) is 38.7 Å². The molecule has 7 heteroatoms. The quantitative estimate of drug-likeness (QED) is 0.191. The van der Waals surface area contributed by atoms with Crippen molar-refractivity contribution in [2.24, 2.45) is 0 Å². The van der Waals surface area contributed by atoms with Crippen molar-refractivity contribution in [3.05, 3.63) is 105 Å². The van der Waals surface area contributed by atoms with E-state index in [-0.39, 0.29) is 23.8 Å². The number of hydrogen-bond donors (Lipinski definition) is 1. The molecule has 1 heterocycles. The van der Waals surface area contributed by atoms with Gasteiger partial charge in [-0.1, -0.05) is 93.7 Å². The van der Waals surface area contributed by atoms with Crippen LogP contribution in [-0.2, 0) is 23.2 Å². The summed E-state index contributed by atoms with van der Waals surface area (Å²) in [5, 5.41) is 2.07. The van der Waals surface area contributed by atoms with E-state index in [1.165, 1.54) is 0 Å². The molecule has 0 saturated carbocycles. The number of benzene rings is 3. The number of carbonyl (C=O) groups is 2. The number of aromatic amines is 1. The number of carbonyl (C=O) groups excluding carboxylic acids is 2. The van der Waals surface area contributed by atoms with E-state index in [4.69, 9.17) is 23.2 Å². The Labute approximate surface area is 253 Å². The van der Waals surface area contributed by atoms with E-state index < -0.39 is 0 Å². The second-order valence-electron chi connectivity index (χ2n) is 11.6. The van der Waals surface area contributed by atoms with Gasteiger partial charge in [-0.05, 0) is 65.3 Å². The number of unbranched alkanes of at least 4 members (excludes halogenated alkanes) is 1. The number of nitrogens with zero attached hydrogens (tertiary/aromatic N) is 2. The second-order valence-corrected chi connectivity index (χ2v) is 12.4. The van der Waals surface area contributed by atoms with Crippen molar-refractivity contribution in [3.8, 4) is 0 Å². The van der Waals surface area contributed by atoms with E-state index in [1.54, 1.807) is 17.0 Å². The molecule has 216 valence electrons. The topological polar surface area (TPSA) is 56.4 Å². The molecule has 4 aromatic rings. The molecular formula is C34H39Cl2N3O2. The summed E-state index contributed by atoms with van der Waals surface area (Å²) >= 11 is 12.4. The van der Waals surface area contributed by atoms with Crippen LogP contribution in [0.1, 0.15) is 67.6 Å². The minimum atomic E-state index is -0.127. The Hall–Kier alpha value is -3.28. The highest BCUT2D eigenvalue weighted by molar-refractivity contribution is 6.42. The Kier molecular flexibility index (Phi) is 10.2. The molecule has 3 aromatic carbocycles. The monoisotopic (exact) mass is 591 g/mol. The highest BCUT2D eigenvalue weighted by Gasteiger charge is 2.24. The summed E-state index contributed by atoms with van der Waals surface area (Å²) in [6.45, 7) is 9.92. The molecule has 4 rings (SSSR count). The molecule has 0 saturated heterocycles. The standard InChI is InChI=1S/C34H39Cl2N3O2/c1-5-6-18-39(33(41)25-12-14-27(15-13-25)34(2,3)4)23-32(40)38(22-24-11-16-29(35)30(36)20-24)19-17-26-21-37-31-10-8-7-9-28(26)31/h7-16,20-21,37H,5-6,17-19,22-23H2,1-4H3. The van der Waals surface area contributed by atoms with Gasteiger partial charge in [-0.3, -0.25) is 9.59 Å². The Morgan fingerprint density at radius 3 is 2.29 bits per heavy atom. The molecule has 5 nitrogen and oxygen atoms in total. The zero-order valence-corrected chi connectivity index (χ0v) is 25.9. The number of H-pyrrole nitrogens is 1. The van der Waals surface area contributed by atoms with Crippen LogP contribution in [0.15, 0.2) is 72.9 Å². The summed E-state index contributed by atoms with van der Waals surface area (Å²) < 4.78 is 0. The van der Waals surface area contributed by atoms with Crippen molar-refractivity contribution in [2.75, 3.05) is 19.6 Å². The third kappa shape index (κ3) is 7.93. The maximum atomic E-state index is 13.9. The molecule has 1 aromatic heterocycles. The van der Waals surface area contributed by atoms with Crippen molar-refractivity contribution in [1.29, 1.82) is 0 Å². The highest BCUT2D eigenvalue weighted by atomic mass is 35.5. The molecule has 2 amide bonds. The molecule has 0 atom stereocenters. The van der Waals surface area contributed by atoms with Gasteiger partial charge in [0.15, 0.2) is 0 Å². The zero-order chi connectivity index (χ0) is 29.6. The summed E-state index contributed by atoms with van der Waals surface area (Å²) in [5.41, 5.74) is 4.85. The third-order valence-electron chi connectivity index (χ3n) is 7.43. The lowest BCUT2D eigenvalue weighted by atomic mass is 9.86.